The Morgan fingerprint density at radius 2 is 1.45 bits per heavy atom. The summed E-state index contributed by atoms with van der Waals surface area (Å²) in [7, 11) is 0. The Hall–Kier alpha value is -3.24. The highest BCUT2D eigenvalue weighted by atomic mass is 16.4. The quantitative estimate of drug-likeness (QED) is 0.277. The second-order valence-electron chi connectivity index (χ2n) is 6.19. The van der Waals surface area contributed by atoms with Crippen molar-refractivity contribution in [2.45, 2.75) is 18.3 Å². The van der Waals surface area contributed by atoms with E-state index in [9.17, 15) is 15.3 Å². The van der Waals surface area contributed by atoms with Crippen LogP contribution in [0.5, 0.6) is 0 Å². The fraction of sp³-hybridized carbons (Fsp3) is 0.200. The summed E-state index contributed by atoms with van der Waals surface area (Å²) in [5, 5.41) is 49.6. The maximum atomic E-state index is 9.76. The fourth-order valence-corrected chi connectivity index (χ4v) is 2.56. The van der Waals surface area contributed by atoms with Crippen molar-refractivity contribution in [1.29, 1.82) is 0 Å². The molecular weight excluding hydrogens is 374 g/mol. The van der Waals surface area contributed by atoms with Crippen molar-refractivity contribution in [3.63, 3.8) is 0 Å². The van der Waals surface area contributed by atoms with Crippen LogP contribution in [0.1, 0.15) is 0 Å². The van der Waals surface area contributed by atoms with E-state index in [1.165, 1.54) is 0 Å². The Balaban J connectivity index is 1.85. The van der Waals surface area contributed by atoms with Gasteiger partial charge in [-0.1, -0.05) is 60.7 Å². The van der Waals surface area contributed by atoms with E-state index in [2.05, 4.69) is 25.7 Å². The average molecular weight is 395 g/mol. The first-order valence-corrected chi connectivity index (χ1v) is 8.90. The van der Waals surface area contributed by atoms with Crippen LogP contribution in [0.2, 0.25) is 0 Å². The summed E-state index contributed by atoms with van der Waals surface area (Å²) in [4.78, 5) is 4.48. The molecule has 0 saturated heterocycles. The van der Waals surface area contributed by atoms with Gasteiger partial charge in [0.1, 0.15) is 29.7 Å². The third-order valence-corrected chi connectivity index (χ3v) is 4.10. The summed E-state index contributed by atoms with van der Waals surface area (Å²) in [6.45, 7) is -0.687. The van der Waals surface area contributed by atoms with Gasteiger partial charge >= 0.3 is 0 Å². The molecule has 0 aliphatic rings. The molecule has 0 aliphatic heterocycles. The number of benzene rings is 2. The predicted molar refractivity (Wildman–Crippen MR) is 108 cm³/mol. The fourth-order valence-electron chi connectivity index (χ4n) is 2.56. The van der Waals surface area contributed by atoms with Crippen molar-refractivity contribution < 1.29 is 20.4 Å². The van der Waals surface area contributed by atoms with Crippen LogP contribution in [0.4, 0.5) is 5.95 Å². The molecule has 2 aromatic carbocycles. The highest BCUT2D eigenvalue weighted by Crippen LogP contribution is 2.28. The van der Waals surface area contributed by atoms with E-state index >= 15 is 0 Å². The Labute approximate surface area is 167 Å². The number of anilines is 1. The molecule has 1 aromatic heterocycles. The van der Waals surface area contributed by atoms with Crippen molar-refractivity contribution >= 4 is 12.2 Å². The van der Waals surface area contributed by atoms with Gasteiger partial charge in [-0.05, 0) is 0 Å². The van der Waals surface area contributed by atoms with Crippen molar-refractivity contribution in [3.05, 3.63) is 60.7 Å². The summed E-state index contributed by atoms with van der Waals surface area (Å²) < 4.78 is 0. The van der Waals surface area contributed by atoms with Crippen molar-refractivity contribution in [2.75, 3.05) is 12.0 Å². The Morgan fingerprint density at radius 3 is 2.03 bits per heavy atom. The lowest BCUT2D eigenvalue weighted by Gasteiger charge is -2.17. The number of rotatable bonds is 8. The second-order valence-corrected chi connectivity index (χ2v) is 6.19. The molecule has 29 heavy (non-hydrogen) atoms. The number of hydrogen-bond donors (Lipinski definition) is 5. The zero-order valence-electron chi connectivity index (χ0n) is 15.4. The number of aliphatic hydroxyl groups is 4. The van der Waals surface area contributed by atoms with Crippen LogP contribution in [0.15, 0.2) is 65.8 Å². The molecule has 9 nitrogen and oxygen atoms in total. The van der Waals surface area contributed by atoms with Gasteiger partial charge in [-0.25, -0.2) is 10.4 Å². The highest BCUT2D eigenvalue weighted by Gasteiger charge is 2.22. The molecule has 9 heteroatoms. The van der Waals surface area contributed by atoms with Gasteiger partial charge in [0.15, 0.2) is 0 Å². The maximum Gasteiger partial charge on any atom is 0.263 e. The number of hydrazone groups is 1. The van der Waals surface area contributed by atoms with Crippen LogP contribution in [0, 0.1) is 0 Å². The summed E-state index contributed by atoms with van der Waals surface area (Å²) in [5.41, 5.74) is 5.45. The lowest BCUT2D eigenvalue weighted by atomic mass is 10.0. The zero-order valence-corrected chi connectivity index (χ0v) is 15.4. The van der Waals surface area contributed by atoms with E-state index in [0.717, 1.165) is 17.3 Å². The lowest BCUT2D eigenvalue weighted by Crippen LogP contribution is -2.40. The van der Waals surface area contributed by atoms with Crippen molar-refractivity contribution in [3.8, 4) is 22.5 Å². The van der Waals surface area contributed by atoms with E-state index in [4.69, 9.17) is 5.11 Å². The van der Waals surface area contributed by atoms with Gasteiger partial charge in [-0.2, -0.15) is 5.10 Å². The minimum atomic E-state index is -1.58. The molecule has 0 fully saturated rings. The van der Waals surface area contributed by atoms with Gasteiger partial charge in [0, 0.05) is 11.1 Å². The Bertz CT molecular complexity index is 940. The second kappa shape index (κ2) is 9.80. The largest absolute Gasteiger partial charge is 0.394 e. The number of nitrogens with one attached hydrogen (secondary N) is 1. The summed E-state index contributed by atoms with van der Waals surface area (Å²) in [6.07, 6.45) is -3.58. The Morgan fingerprint density at radius 1 is 0.862 bits per heavy atom. The van der Waals surface area contributed by atoms with E-state index in [0.29, 0.717) is 11.4 Å². The smallest absolute Gasteiger partial charge is 0.263 e. The lowest BCUT2D eigenvalue weighted by molar-refractivity contribution is -0.0541. The maximum absolute atomic E-state index is 9.76. The van der Waals surface area contributed by atoms with Crippen molar-refractivity contribution in [2.24, 2.45) is 5.10 Å². The third kappa shape index (κ3) is 5.18. The van der Waals surface area contributed by atoms with Gasteiger partial charge in [0.25, 0.3) is 5.95 Å². The van der Waals surface area contributed by atoms with Gasteiger partial charge in [0.2, 0.25) is 0 Å². The normalized spacial score (nSPS) is 14.5. The van der Waals surface area contributed by atoms with Gasteiger partial charge in [-0.15, -0.1) is 10.2 Å². The molecule has 0 saturated carbocycles. The monoisotopic (exact) mass is 395 g/mol. The average Bonchev–Trinajstić information content (AvgIpc) is 2.79. The minimum absolute atomic E-state index is 0.0872. The van der Waals surface area contributed by atoms with E-state index in [1.807, 2.05) is 60.7 Å². The molecule has 0 bridgehead atoms. The third-order valence-electron chi connectivity index (χ3n) is 4.10. The van der Waals surface area contributed by atoms with Crippen LogP contribution in [-0.2, 0) is 0 Å². The summed E-state index contributed by atoms with van der Waals surface area (Å²) in [6, 6.07) is 19.0. The zero-order chi connectivity index (χ0) is 20.6. The molecule has 0 unspecified atom stereocenters. The molecule has 0 aliphatic carbocycles. The number of aliphatic hydroxyl groups excluding tert-OH is 4. The van der Waals surface area contributed by atoms with Gasteiger partial charge in [0.05, 0.1) is 12.8 Å². The molecule has 0 radical (unpaired) electrons. The van der Waals surface area contributed by atoms with Crippen LogP contribution in [0.3, 0.4) is 0 Å². The standard InChI is InChI=1S/C20H21N5O4/c26-12-16(28)19(29)15(27)11-21-24-20-22-17(13-7-3-1-4-8-13)18(23-25-20)14-9-5-2-6-10-14/h1-11,15-16,19,26-29H,12H2,(H,22,24,25)/b21-11+/t15-,16+,19+/m0/s1. The molecule has 3 atom stereocenters. The molecule has 3 rings (SSSR count). The molecule has 150 valence electrons. The topological polar surface area (TPSA) is 144 Å². The predicted octanol–water partition coefficient (Wildman–Crippen LogP) is 0.678. The van der Waals surface area contributed by atoms with Crippen molar-refractivity contribution in [1.82, 2.24) is 15.2 Å². The van der Waals surface area contributed by atoms with Gasteiger partial charge in [-0.3, -0.25) is 0 Å². The van der Waals surface area contributed by atoms with E-state index in [-0.39, 0.29) is 5.95 Å². The molecule has 0 amide bonds. The van der Waals surface area contributed by atoms with Crippen LogP contribution < -0.4 is 5.43 Å². The number of nitrogens with zero attached hydrogens (tertiary/aromatic N) is 4. The molecular formula is C20H21N5O4. The first kappa shape index (κ1) is 20.5. The number of hydrogen-bond acceptors (Lipinski definition) is 9. The summed E-state index contributed by atoms with van der Waals surface area (Å²) in [5.74, 6) is 0.0872. The number of aromatic nitrogens is 3. The minimum Gasteiger partial charge on any atom is -0.394 e. The van der Waals surface area contributed by atoms with Crippen LogP contribution >= 0.6 is 0 Å². The molecule has 0 spiro atoms. The van der Waals surface area contributed by atoms with Crippen LogP contribution in [0.25, 0.3) is 22.5 Å². The molecule has 1 heterocycles. The first-order chi connectivity index (χ1) is 14.1. The van der Waals surface area contributed by atoms with Gasteiger partial charge < -0.3 is 20.4 Å². The SMILES string of the molecule is OC[C@@H](O)[C@H](O)[C@@H](O)/C=N/Nc1nnc(-c2ccccc2)c(-c2ccccc2)n1. The molecule has 3 aromatic rings. The van der Waals surface area contributed by atoms with E-state index in [1.54, 1.807) is 0 Å². The Kier molecular flexibility index (Phi) is 6.93. The van der Waals surface area contributed by atoms with Crippen LogP contribution in [-0.4, -0.2) is 66.7 Å². The highest BCUT2D eigenvalue weighted by molar-refractivity contribution is 5.78. The summed E-state index contributed by atoms with van der Waals surface area (Å²) >= 11 is 0. The molecule has 5 N–H and O–H groups in total. The van der Waals surface area contributed by atoms with E-state index < -0.39 is 24.9 Å². The first-order valence-electron chi connectivity index (χ1n) is 8.90.